The van der Waals surface area contributed by atoms with E-state index < -0.39 is 35.1 Å². The van der Waals surface area contributed by atoms with Crippen molar-refractivity contribution in [3.8, 4) is 0 Å². The summed E-state index contributed by atoms with van der Waals surface area (Å²) in [6, 6.07) is 14.5. The van der Waals surface area contributed by atoms with E-state index in [1.54, 1.807) is 24.3 Å². The van der Waals surface area contributed by atoms with Gasteiger partial charge in [0.1, 0.15) is 23.7 Å². The Labute approximate surface area is 203 Å². The smallest absolute Gasteiger partial charge is 0.352 e. The fourth-order valence-corrected chi connectivity index (χ4v) is 5.55. The Kier molecular flexibility index (Phi) is 5.87. The van der Waals surface area contributed by atoms with Crippen LogP contribution in [-0.2, 0) is 25.6 Å². The lowest BCUT2D eigenvalue weighted by molar-refractivity contribution is -0.151. The average molecular weight is 493 g/mol. The predicted molar refractivity (Wildman–Crippen MR) is 123 cm³/mol. The molecule has 4 amide bonds. The average Bonchev–Trinajstić information content (AvgIpc) is 3.10. The normalized spacial score (nSPS) is 21.0. The molecule has 2 aromatic rings. The van der Waals surface area contributed by atoms with E-state index in [-0.39, 0.29) is 47.1 Å². The minimum Gasteiger partial charge on any atom is -0.477 e. The van der Waals surface area contributed by atoms with Crippen molar-refractivity contribution >= 4 is 41.4 Å². The van der Waals surface area contributed by atoms with E-state index >= 15 is 0 Å². The minimum atomic E-state index is -1.33. The fraction of sp³-hybridized carbons (Fsp3) is 0.208. The van der Waals surface area contributed by atoms with Crippen molar-refractivity contribution in [1.82, 2.24) is 15.3 Å². The molecule has 3 aliphatic rings. The summed E-state index contributed by atoms with van der Waals surface area (Å²) in [5, 5.41) is 12.5. The van der Waals surface area contributed by atoms with E-state index in [1.807, 2.05) is 18.2 Å². The zero-order chi connectivity index (χ0) is 24.7. The Morgan fingerprint density at radius 1 is 1.00 bits per heavy atom. The molecule has 178 valence electrons. The quantitative estimate of drug-likeness (QED) is 0.434. The number of fused-ring (bicyclic) bond motifs is 2. The van der Waals surface area contributed by atoms with E-state index in [1.165, 1.54) is 23.9 Å². The third-order valence-corrected chi connectivity index (χ3v) is 7.24. The Bertz CT molecular complexity index is 1260. The minimum absolute atomic E-state index is 0.100. The first kappa shape index (κ1) is 22.8. The molecule has 0 aliphatic carbocycles. The summed E-state index contributed by atoms with van der Waals surface area (Å²) < 4.78 is 0. The first-order valence-electron chi connectivity index (χ1n) is 10.7. The van der Waals surface area contributed by atoms with Gasteiger partial charge in [-0.3, -0.25) is 28.9 Å². The van der Waals surface area contributed by atoms with Gasteiger partial charge in [-0.1, -0.05) is 42.5 Å². The number of thioether (sulfide) groups is 1. The molecule has 2 N–H and O–H groups in total. The molecule has 1 unspecified atom stereocenters. The zero-order valence-electron chi connectivity index (χ0n) is 18.2. The molecule has 1 fully saturated rings. The lowest BCUT2D eigenvalue weighted by Crippen LogP contribution is -2.70. The number of carbonyl (C=O) groups is 5. The molecule has 3 aliphatic heterocycles. The first-order chi connectivity index (χ1) is 16.9. The van der Waals surface area contributed by atoms with Gasteiger partial charge in [-0.25, -0.2) is 4.79 Å². The Balaban J connectivity index is 1.27. The van der Waals surface area contributed by atoms with Crippen LogP contribution in [-0.4, -0.2) is 68.4 Å². The maximum atomic E-state index is 12.8. The number of benzene rings is 2. The zero-order valence-corrected chi connectivity index (χ0v) is 19.0. The number of nitrogens with zero attached hydrogens (tertiary/aromatic N) is 2. The summed E-state index contributed by atoms with van der Waals surface area (Å²) in [6.07, 6.45) is 0.100. The topological polar surface area (TPSA) is 133 Å². The van der Waals surface area contributed by atoms with Crippen LogP contribution < -0.4 is 5.32 Å². The summed E-state index contributed by atoms with van der Waals surface area (Å²) in [5.74, 6) is -3.30. The Morgan fingerprint density at radius 3 is 2.26 bits per heavy atom. The van der Waals surface area contributed by atoms with Crippen LogP contribution in [0.4, 0.5) is 0 Å². The molecule has 35 heavy (non-hydrogen) atoms. The summed E-state index contributed by atoms with van der Waals surface area (Å²) >= 11 is 1.27. The number of aliphatic carboxylic acids is 1. The van der Waals surface area contributed by atoms with Crippen molar-refractivity contribution in [2.24, 2.45) is 0 Å². The van der Waals surface area contributed by atoms with Gasteiger partial charge in [0.25, 0.3) is 17.7 Å². The number of hydrogen-bond acceptors (Lipinski definition) is 7. The van der Waals surface area contributed by atoms with Gasteiger partial charge in [0.05, 0.1) is 17.5 Å². The molecule has 3 heterocycles. The highest BCUT2D eigenvalue weighted by molar-refractivity contribution is 8.00. The molecule has 10 nitrogen and oxygen atoms in total. The number of β-lactam (4-membered cyclic amide) rings is 1. The molecule has 2 aromatic carbocycles. The molecular weight excluding hydrogens is 474 g/mol. The van der Waals surface area contributed by atoms with Crippen molar-refractivity contribution in [2.45, 2.75) is 17.8 Å². The highest BCUT2D eigenvalue weighted by Gasteiger charge is 2.54. The standard InChI is InChI=1S/C24H19N3O7S/c28-17(10-13-6-2-1-3-7-13)25-18-22(31)26-19(24(32)33)14(12-35-23(18)26)11-34-27-20(29)15-8-4-5-9-16(15)21(27)30/h1-9,18,23H,10-12H2,(H,25,28)(H,32,33)/t18?,23-/m1/s1. The van der Waals surface area contributed by atoms with Crippen molar-refractivity contribution in [2.75, 3.05) is 12.4 Å². The second-order valence-electron chi connectivity index (χ2n) is 8.10. The van der Waals surface area contributed by atoms with Gasteiger partial charge in [-0.2, -0.15) is 0 Å². The molecule has 5 rings (SSSR count). The van der Waals surface area contributed by atoms with Crippen molar-refractivity contribution in [3.05, 3.63) is 82.6 Å². The van der Waals surface area contributed by atoms with Crippen molar-refractivity contribution < 1.29 is 33.9 Å². The van der Waals surface area contributed by atoms with Gasteiger partial charge in [-0.05, 0) is 23.3 Å². The molecule has 0 radical (unpaired) electrons. The number of carboxylic acids is 1. The van der Waals surface area contributed by atoms with Crippen molar-refractivity contribution in [3.63, 3.8) is 0 Å². The van der Waals surface area contributed by atoms with Crippen LogP contribution in [0.1, 0.15) is 26.3 Å². The van der Waals surface area contributed by atoms with Gasteiger partial charge in [-0.15, -0.1) is 16.8 Å². The molecule has 0 saturated carbocycles. The third-order valence-electron chi connectivity index (χ3n) is 5.90. The summed E-state index contributed by atoms with van der Waals surface area (Å²) in [5.41, 5.74) is 1.19. The molecule has 11 heteroatoms. The molecular formula is C24H19N3O7S. The SMILES string of the molecule is O=C(Cc1ccccc1)NC1C(=O)N2C(C(=O)O)=C(CON3C(=O)c4ccccc4C3=O)CS[C@H]12. The van der Waals surface area contributed by atoms with Gasteiger partial charge >= 0.3 is 5.97 Å². The summed E-state index contributed by atoms with van der Waals surface area (Å²) in [6.45, 7) is -0.359. The second-order valence-corrected chi connectivity index (χ2v) is 9.20. The van der Waals surface area contributed by atoms with Gasteiger partial charge in [0, 0.05) is 5.75 Å². The number of rotatable bonds is 7. The number of amides is 4. The van der Waals surface area contributed by atoms with E-state index in [4.69, 9.17) is 4.84 Å². The highest BCUT2D eigenvalue weighted by Crippen LogP contribution is 2.40. The summed E-state index contributed by atoms with van der Waals surface area (Å²) in [7, 11) is 0. The van der Waals surface area contributed by atoms with E-state index in [9.17, 15) is 29.1 Å². The molecule has 0 bridgehead atoms. The number of carbonyl (C=O) groups excluding carboxylic acids is 4. The fourth-order valence-electron chi connectivity index (χ4n) is 4.23. The van der Waals surface area contributed by atoms with Crippen LogP contribution in [0.3, 0.4) is 0 Å². The van der Waals surface area contributed by atoms with Crippen molar-refractivity contribution in [1.29, 1.82) is 0 Å². The predicted octanol–water partition coefficient (Wildman–Crippen LogP) is 1.20. The van der Waals surface area contributed by atoms with Gasteiger partial charge in [0.15, 0.2) is 0 Å². The number of hydroxylamine groups is 2. The lowest BCUT2D eigenvalue weighted by atomic mass is 10.0. The number of hydrogen-bond donors (Lipinski definition) is 2. The maximum absolute atomic E-state index is 12.8. The maximum Gasteiger partial charge on any atom is 0.352 e. The van der Waals surface area contributed by atoms with E-state index in [0.29, 0.717) is 5.06 Å². The van der Waals surface area contributed by atoms with Crippen LogP contribution in [0.15, 0.2) is 65.9 Å². The number of nitrogens with one attached hydrogen (secondary N) is 1. The molecule has 2 atom stereocenters. The molecule has 1 saturated heterocycles. The molecule has 0 aromatic heterocycles. The van der Waals surface area contributed by atoms with Crippen LogP contribution in [0.25, 0.3) is 0 Å². The van der Waals surface area contributed by atoms with Crippen LogP contribution in [0, 0.1) is 0 Å². The third kappa shape index (κ3) is 3.98. The monoisotopic (exact) mass is 493 g/mol. The van der Waals surface area contributed by atoms with Gasteiger partial charge in [0.2, 0.25) is 5.91 Å². The first-order valence-corrected chi connectivity index (χ1v) is 11.8. The van der Waals surface area contributed by atoms with Crippen LogP contribution >= 0.6 is 11.8 Å². The largest absolute Gasteiger partial charge is 0.477 e. The van der Waals surface area contributed by atoms with Gasteiger partial charge < -0.3 is 10.4 Å². The molecule has 0 spiro atoms. The Hall–Kier alpha value is -3.96. The summed E-state index contributed by atoms with van der Waals surface area (Å²) in [4.78, 5) is 68.7. The van der Waals surface area contributed by atoms with E-state index in [0.717, 1.165) is 10.5 Å². The highest BCUT2D eigenvalue weighted by atomic mass is 32.2. The van der Waals surface area contributed by atoms with Crippen LogP contribution in [0.5, 0.6) is 0 Å². The van der Waals surface area contributed by atoms with E-state index in [2.05, 4.69) is 5.32 Å². The lowest BCUT2D eigenvalue weighted by Gasteiger charge is -2.49. The Morgan fingerprint density at radius 2 is 1.63 bits per heavy atom. The number of carboxylic acid groups (broad SMARTS) is 1. The number of imide groups is 1. The second kappa shape index (κ2) is 9.01. The van der Waals surface area contributed by atoms with Crippen LogP contribution in [0.2, 0.25) is 0 Å².